The maximum absolute atomic E-state index is 2.35. The lowest BCUT2D eigenvalue weighted by Gasteiger charge is -2.01. The fourth-order valence-electron chi connectivity index (χ4n) is 0.850. The molecule has 0 amide bonds. The Kier molecular flexibility index (Phi) is 0.980. The average Bonchev–Trinajstić information content (AvgIpc) is 2.18. The van der Waals surface area contributed by atoms with Crippen molar-refractivity contribution in [2.45, 2.75) is 31.7 Å². The Morgan fingerprint density at radius 2 is 2.14 bits per heavy atom. The van der Waals surface area contributed by atoms with Gasteiger partial charge in [0, 0.05) is 0 Å². The third kappa shape index (κ3) is 0.711. The molecule has 1 aliphatic heterocycles. The second-order valence-electron chi connectivity index (χ2n) is 2.61. The third-order valence-corrected chi connectivity index (χ3v) is 2.10. The first-order chi connectivity index (χ1) is 3.19. The molecule has 0 saturated carbocycles. The molecule has 2 radical (unpaired) electrons. The highest BCUT2D eigenvalue weighted by Crippen LogP contribution is 2.54. The lowest BCUT2D eigenvalue weighted by molar-refractivity contribution is 0.932. The minimum Gasteiger partial charge on any atom is -0.0922 e. The molecule has 0 unspecified atom stereocenters. The second-order valence-corrected chi connectivity index (χ2v) is 2.61. The Morgan fingerprint density at radius 3 is 2.14 bits per heavy atom. The lowest BCUT2D eigenvalue weighted by Crippen LogP contribution is -1.94. The van der Waals surface area contributed by atoms with Crippen molar-refractivity contribution in [3.63, 3.8) is 0 Å². The zero-order valence-electron chi connectivity index (χ0n) is 5.23. The van der Waals surface area contributed by atoms with Crippen LogP contribution in [0.3, 0.4) is 0 Å². The van der Waals surface area contributed by atoms with Gasteiger partial charge < -0.3 is 0 Å². The molecule has 7 heavy (non-hydrogen) atoms. The highest BCUT2D eigenvalue weighted by molar-refractivity contribution is 6.74. The molecule has 1 saturated heterocycles. The first kappa shape index (κ1) is 5.27. The summed E-state index contributed by atoms with van der Waals surface area (Å²) in [6, 6.07) is 0. The number of rotatable bonds is 1. The van der Waals surface area contributed by atoms with Gasteiger partial charge in [-0.25, -0.2) is 0 Å². The van der Waals surface area contributed by atoms with Gasteiger partial charge in [0.1, 0.15) is 14.6 Å². The van der Waals surface area contributed by atoms with Crippen molar-refractivity contribution in [1.82, 2.24) is 0 Å². The first-order valence-corrected chi connectivity index (χ1v) is 2.85. The fourth-order valence-corrected chi connectivity index (χ4v) is 0.850. The standard InChI is InChI=1S/C5H10B2/c1-4-5(2,6-3)7-4/h4H,1-3H3/t4-,5-/m0/s1. The topological polar surface area (TPSA) is 0 Å². The summed E-state index contributed by atoms with van der Waals surface area (Å²) in [5.74, 6) is 0.831. The van der Waals surface area contributed by atoms with Crippen LogP contribution in [0.4, 0.5) is 0 Å². The molecule has 1 rings (SSSR count). The third-order valence-electron chi connectivity index (χ3n) is 2.10. The van der Waals surface area contributed by atoms with Crippen LogP contribution in [0.25, 0.3) is 0 Å². The van der Waals surface area contributed by atoms with Gasteiger partial charge in [-0.3, -0.25) is 0 Å². The zero-order chi connectivity index (χ0) is 5.49. The fraction of sp³-hybridized carbons (Fsp3) is 1.00. The van der Waals surface area contributed by atoms with Crippen molar-refractivity contribution in [2.24, 2.45) is 0 Å². The van der Waals surface area contributed by atoms with E-state index in [4.69, 9.17) is 0 Å². The van der Waals surface area contributed by atoms with Gasteiger partial charge >= 0.3 is 0 Å². The minimum absolute atomic E-state index is 0.500. The SMILES string of the molecule is C[B][C@@]1(C)[B][C@H]1C. The van der Waals surface area contributed by atoms with Gasteiger partial charge in [-0.05, 0) is 0 Å². The Hall–Kier alpha value is 0.130. The van der Waals surface area contributed by atoms with Crippen LogP contribution in [0.15, 0.2) is 0 Å². The summed E-state index contributed by atoms with van der Waals surface area (Å²) in [5.41, 5.74) is 0. The van der Waals surface area contributed by atoms with E-state index in [-0.39, 0.29) is 0 Å². The largest absolute Gasteiger partial charge is 0.109 e. The van der Waals surface area contributed by atoms with Gasteiger partial charge in [-0.15, -0.1) is 0 Å². The van der Waals surface area contributed by atoms with E-state index in [9.17, 15) is 0 Å². The van der Waals surface area contributed by atoms with Crippen LogP contribution < -0.4 is 0 Å². The summed E-state index contributed by atoms with van der Waals surface area (Å²) in [6.45, 7) is 6.64. The van der Waals surface area contributed by atoms with Crippen molar-refractivity contribution >= 4 is 14.6 Å². The molecular formula is C5H10B2. The predicted molar refractivity (Wildman–Crippen MR) is 35.2 cm³/mol. The molecule has 0 N–H and O–H groups in total. The minimum atomic E-state index is 0.500. The molecule has 0 aliphatic carbocycles. The Labute approximate surface area is 47.2 Å². The molecule has 0 bridgehead atoms. The van der Waals surface area contributed by atoms with Crippen molar-refractivity contribution in [3.8, 4) is 0 Å². The summed E-state index contributed by atoms with van der Waals surface area (Å²) >= 11 is 0. The van der Waals surface area contributed by atoms with E-state index in [2.05, 4.69) is 35.2 Å². The van der Waals surface area contributed by atoms with E-state index in [1.54, 1.807) is 0 Å². The molecule has 1 aliphatic rings. The van der Waals surface area contributed by atoms with E-state index < -0.39 is 0 Å². The van der Waals surface area contributed by atoms with Crippen LogP contribution in [0.2, 0.25) is 17.9 Å². The van der Waals surface area contributed by atoms with Crippen molar-refractivity contribution < 1.29 is 0 Å². The van der Waals surface area contributed by atoms with E-state index in [0.717, 1.165) is 5.82 Å². The van der Waals surface area contributed by atoms with Crippen molar-refractivity contribution in [2.75, 3.05) is 0 Å². The van der Waals surface area contributed by atoms with Crippen molar-refractivity contribution in [3.05, 3.63) is 0 Å². The van der Waals surface area contributed by atoms with Crippen LogP contribution >= 0.6 is 0 Å². The first-order valence-electron chi connectivity index (χ1n) is 2.85. The number of hydrogen-bond donors (Lipinski definition) is 0. The van der Waals surface area contributed by atoms with Crippen molar-refractivity contribution in [1.29, 1.82) is 0 Å². The molecular weight excluding hydrogens is 81.7 g/mol. The molecule has 0 nitrogen and oxygen atoms in total. The van der Waals surface area contributed by atoms with Crippen LogP contribution in [0, 0.1) is 0 Å². The average molecular weight is 91.8 g/mol. The molecule has 0 aromatic rings. The zero-order valence-corrected chi connectivity index (χ0v) is 5.23. The Morgan fingerprint density at radius 1 is 1.71 bits per heavy atom. The molecule has 0 aromatic heterocycles. The second kappa shape index (κ2) is 1.30. The smallest absolute Gasteiger partial charge is 0.0922 e. The quantitative estimate of drug-likeness (QED) is 0.428. The molecule has 0 aromatic carbocycles. The van der Waals surface area contributed by atoms with Crippen LogP contribution in [-0.4, -0.2) is 14.6 Å². The van der Waals surface area contributed by atoms with Gasteiger partial charge in [0.15, 0.2) is 0 Å². The van der Waals surface area contributed by atoms with E-state index in [0.29, 0.717) is 5.21 Å². The Balaban J connectivity index is 2.36. The van der Waals surface area contributed by atoms with Gasteiger partial charge in [0.25, 0.3) is 0 Å². The maximum Gasteiger partial charge on any atom is 0.109 e. The lowest BCUT2D eigenvalue weighted by atomic mass is 9.57. The van der Waals surface area contributed by atoms with Crippen LogP contribution in [0.5, 0.6) is 0 Å². The summed E-state index contributed by atoms with van der Waals surface area (Å²) < 4.78 is 0. The highest BCUT2D eigenvalue weighted by atomic mass is 14.2. The normalized spacial score (nSPS) is 47.6. The van der Waals surface area contributed by atoms with E-state index in [1.807, 2.05) is 0 Å². The molecule has 2 heteroatoms. The summed E-state index contributed by atoms with van der Waals surface area (Å²) in [4.78, 5) is 0. The summed E-state index contributed by atoms with van der Waals surface area (Å²) in [7, 11) is 4.62. The maximum atomic E-state index is 2.35. The molecule has 1 heterocycles. The molecule has 2 atom stereocenters. The van der Waals surface area contributed by atoms with Gasteiger partial charge in [-0.1, -0.05) is 31.7 Å². The molecule has 1 fully saturated rings. The highest BCUT2D eigenvalue weighted by Gasteiger charge is 2.45. The number of hydrogen-bond acceptors (Lipinski definition) is 0. The van der Waals surface area contributed by atoms with Crippen LogP contribution in [-0.2, 0) is 0 Å². The predicted octanol–water partition coefficient (Wildman–Crippen LogP) is 1.40. The van der Waals surface area contributed by atoms with E-state index in [1.165, 1.54) is 0 Å². The van der Waals surface area contributed by atoms with Gasteiger partial charge in [0.05, 0.1) is 0 Å². The summed E-state index contributed by atoms with van der Waals surface area (Å²) in [6.07, 6.45) is 0. The van der Waals surface area contributed by atoms with Gasteiger partial charge in [0.2, 0.25) is 0 Å². The monoisotopic (exact) mass is 92.1 g/mol. The molecule has 0 spiro atoms. The Bertz CT molecular complexity index is 78.1. The van der Waals surface area contributed by atoms with Crippen LogP contribution in [0.1, 0.15) is 13.8 Å². The van der Waals surface area contributed by atoms with E-state index >= 15 is 0 Å². The van der Waals surface area contributed by atoms with Gasteiger partial charge in [-0.2, -0.15) is 0 Å². The molecule has 36 valence electrons. The summed E-state index contributed by atoms with van der Waals surface area (Å²) in [5, 5.41) is 0.500.